The van der Waals surface area contributed by atoms with Gasteiger partial charge < -0.3 is 76.3 Å². The van der Waals surface area contributed by atoms with Crippen LogP contribution in [0.4, 0.5) is 11.5 Å². The molecule has 0 fully saturated rings. The molecular formula is C98H107Cl2N21O26. The summed E-state index contributed by atoms with van der Waals surface area (Å²) in [7, 11) is 0. The summed E-state index contributed by atoms with van der Waals surface area (Å²) in [6.07, 6.45) is 22.5. The molecule has 0 spiro atoms. The Labute approximate surface area is 845 Å². The van der Waals surface area contributed by atoms with Crippen LogP contribution in [-0.4, -0.2) is 235 Å². The molecule has 1 atom stereocenters. The number of benzene rings is 4. The van der Waals surface area contributed by atoms with E-state index in [4.69, 9.17) is 79.4 Å². The van der Waals surface area contributed by atoms with Gasteiger partial charge >= 0.3 is 77.2 Å². The van der Waals surface area contributed by atoms with Crippen LogP contribution in [0.25, 0.3) is 0 Å². The Balaban J connectivity index is 0.000000198. The van der Waals surface area contributed by atoms with Gasteiger partial charge in [-0.05, 0) is 232 Å². The highest BCUT2D eigenvalue weighted by Crippen LogP contribution is 2.38. The first-order valence-corrected chi connectivity index (χ1v) is 46.0. The number of aromatic amines is 10. The van der Waals surface area contributed by atoms with Gasteiger partial charge in [0.15, 0.2) is 39.9 Å². The standard InChI is InChI=1S/C13H12ClNO2.C13H13NO2.C12H11ClN2O2.C12H12N2O2.C11H17NO2.C9H12N2O2.C8H10N2O2.C7H8N2O2.C5H6N2O2.2C4H3N3O4/c14-11-5-3-9(4-6-11)1-2-10-7-12(13(16)17)15-8-10;15-13(16)12-8-11(9-14-12)7-6-10-4-2-1-3-5-10;13-9-4-1-8(2-5-9)3-6-10-7-11(12(16)17)15-14-10;15-12(16)11-8-10(13-14-11)7-6-9-4-2-1-3-5-9;1-8(2)4-3-5-9-6-10(11(13)14)12-7-9;1-9(2)4-3-5-6(8(12)13)10-11-7(5)9;1-4-2-3-5-6(4)9-10-7(5)8(11)12;10-7(11)6-4-2-1-3-5(4)8-9-6;1-3-2-4(5(8)9)7-6-3;8-4(9)3-2(7(10)11)1-5-6-3;8-4(9)2-1-3(6-5-2)7(10)11/h3-8,15H,1-2H2,(H,16,17);1-5,8-9,14H,6-7H2,(H,15,16);1-2,4-5,7H,3,6H2,(H,14,15)(H,16,17);1-5,8H,6-7H2,(H,13,14)(H,15,16);6,8H,3-5,7H2,1-2H3,(H,13,14);3-4H2,1-2H3,(H,10,11)(H,12,13);4H,2-3H2,1H3,(H,9,10)(H,11,12);1-3H2,(H,8,9)(H,10,11);2H,1H3,(H,6,7)(H,8,9);2*1H,(H,5,6)(H,8,9). The number of rotatable bonds is 29. The number of aliphatic carboxylic acids is 1. The minimum atomic E-state index is -1.39. The number of nitro groups is 2. The lowest BCUT2D eigenvalue weighted by Crippen LogP contribution is -2.12. The van der Waals surface area contributed by atoms with Crippen molar-refractivity contribution in [1.29, 1.82) is 0 Å². The molecule has 47 nitrogen and oxygen atoms in total. The van der Waals surface area contributed by atoms with E-state index in [-0.39, 0.29) is 62.4 Å². The first kappa shape index (κ1) is 114. The second kappa shape index (κ2) is 56.1. The topological polar surface area (TPSA) is 770 Å². The van der Waals surface area contributed by atoms with E-state index in [2.05, 4.69) is 145 Å². The van der Waals surface area contributed by atoms with Gasteiger partial charge in [-0.3, -0.25) is 50.8 Å². The Morgan fingerprint density at radius 3 is 1.30 bits per heavy atom. The molecule has 0 saturated carbocycles. The zero-order chi connectivity index (χ0) is 108. The fourth-order valence-corrected chi connectivity index (χ4v) is 14.8. The van der Waals surface area contributed by atoms with Gasteiger partial charge in [0.2, 0.25) is 5.69 Å². The van der Waals surface area contributed by atoms with Crippen LogP contribution in [-0.2, 0) is 87.3 Å². The highest BCUT2D eigenvalue weighted by Gasteiger charge is 2.36. The molecule has 14 aromatic rings. The summed E-state index contributed by atoms with van der Waals surface area (Å²) in [6.45, 7) is 13.0. The van der Waals surface area contributed by atoms with Crippen molar-refractivity contribution in [2.24, 2.45) is 10.9 Å². The highest BCUT2D eigenvalue weighted by atomic mass is 35.5. The van der Waals surface area contributed by atoms with Crippen molar-refractivity contribution in [3.8, 4) is 0 Å². The number of carbonyl (C=O) groups is 11. The van der Waals surface area contributed by atoms with Crippen LogP contribution in [0.15, 0.2) is 181 Å². The van der Waals surface area contributed by atoms with Crippen LogP contribution in [0.3, 0.4) is 0 Å². The zero-order valence-corrected chi connectivity index (χ0v) is 81.5. The Morgan fingerprint density at radius 2 is 0.891 bits per heavy atom. The Morgan fingerprint density at radius 1 is 0.442 bits per heavy atom. The number of halogens is 2. The van der Waals surface area contributed by atoms with E-state index in [0.29, 0.717) is 17.5 Å². The van der Waals surface area contributed by atoms with Crippen LogP contribution in [0.2, 0.25) is 10.0 Å². The van der Waals surface area contributed by atoms with Crippen molar-refractivity contribution in [2.75, 3.05) is 6.54 Å². The normalized spacial score (nSPS) is 12.6. The lowest BCUT2D eigenvalue weighted by atomic mass is 9.91. The van der Waals surface area contributed by atoms with E-state index in [9.17, 15) is 73.0 Å². The van der Waals surface area contributed by atoms with Crippen LogP contribution in [0, 0.1) is 33.1 Å². The Bertz CT molecular complexity index is 6650. The molecule has 1 aliphatic heterocycles. The number of hydrogen-bond acceptors (Lipinski definition) is 24. The van der Waals surface area contributed by atoms with Crippen LogP contribution in [0.5, 0.6) is 0 Å². The number of fused-ring (bicyclic) bond motifs is 3. The largest absolute Gasteiger partial charge is 0.477 e. The van der Waals surface area contributed by atoms with E-state index >= 15 is 0 Å². The molecule has 0 saturated heterocycles. The first-order valence-electron chi connectivity index (χ1n) is 45.3. The number of nitrogens with one attached hydrogen (secondary N) is 10. The number of hydrogen-bond donors (Lipinski definition) is 21. The third kappa shape index (κ3) is 36.8. The van der Waals surface area contributed by atoms with Gasteiger partial charge in [-0.25, -0.2) is 52.7 Å². The van der Waals surface area contributed by atoms with Gasteiger partial charge in [0.25, 0.3) is 0 Å². The first-order chi connectivity index (χ1) is 69.8. The summed E-state index contributed by atoms with van der Waals surface area (Å²) in [5.41, 5.74) is 16.3. The number of carboxylic acid groups (broad SMARTS) is 11. The Hall–Kier alpha value is -17.9. The van der Waals surface area contributed by atoms with Crippen molar-refractivity contribution in [3.05, 3.63) is 347 Å². The minimum absolute atomic E-state index is 0.0516. The van der Waals surface area contributed by atoms with E-state index < -0.39 is 92.7 Å². The average molecular weight is 2070 g/mol. The number of aromatic nitrogens is 18. The zero-order valence-electron chi connectivity index (χ0n) is 80.0. The van der Waals surface area contributed by atoms with Crippen molar-refractivity contribution in [1.82, 2.24) is 91.5 Å². The van der Waals surface area contributed by atoms with Crippen LogP contribution >= 0.6 is 23.2 Å². The van der Waals surface area contributed by atoms with Gasteiger partial charge in [0, 0.05) is 78.7 Å². The van der Waals surface area contributed by atoms with Crippen molar-refractivity contribution >= 4 is 106 Å². The predicted molar refractivity (Wildman–Crippen MR) is 530 cm³/mol. The quantitative estimate of drug-likeness (QED) is 0.0153. The molecule has 1 unspecified atom stereocenters. The number of aliphatic imine (C=N–C) groups is 1. The number of carboxylic acids is 11. The maximum Gasteiger partial charge on any atom is 0.361 e. The summed E-state index contributed by atoms with van der Waals surface area (Å²) in [6, 6.07) is 44.3. The van der Waals surface area contributed by atoms with E-state index in [1.807, 2.05) is 95.1 Å². The second-order valence-electron chi connectivity index (χ2n) is 34.1. The molecule has 21 N–H and O–H groups in total. The molecule has 10 aromatic heterocycles. The minimum Gasteiger partial charge on any atom is -0.477 e. The molecule has 3 aliphatic carbocycles. The lowest BCUT2D eigenvalue weighted by Gasteiger charge is -2.15. The number of H-pyrrole nitrogens is 10. The van der Waals surface area contributed by atoms with Crippen molar-refractivity contribution in [3.63, 3.8) is 0 Å². The average Bonchev–Trinajstić information content (AvgIpc) is 1.65. The smallest absolute Gasteiger partial charge is 0.361 e. The number of nitrogens with zero attached hydrogens (tertiary/aromatic N) is 11. The SMILES string of the molecule is CC(C)CCCC1=CC(C(=O)O)=NC1.CC1(C)CCc2c(C(=O)O)n[nH]c21.CC1CCc2c(C(=O)O)n[nH]c21.Cc1cc(C(=O)O)n[nH]1.O=C(O)c1[nH]ncc1[N+](=O)[O-].O=C(O)c1cc(CCc2ccc(Cl)cc2)[nH]n1.O=C(O)c1cc(CCc2ccc(Cl)cc2)c[nH]1.O=C(O)c1cc(CCc2ccccc2)[nH]n1.O=C(O)c1cc(CCc2ccccc2)c[nH]1.O=C(O)c1cc([N+](=O)[O-])[nH]n1.O=C(O)c1n[nH]c2c1CCC2. The molecule has 0 bridgehead atoms. The molecule has 4 aliphatic rings. The second-order valence-corrected chi connectivity index (χ2v) is 35.0. The van der Waals surface area contributed by atoms with Gasteiger partial charge in [-0.1, -0.05) is 154 Å². The molecule has 4 aromatic carbocycles. The summed E-state index contributed by atoms with van der Waals surface area (Å²) >= 11 is 11.6. The Kier molecular flexibility index (Phi) is 43.6. The number of aromatic carboxylic acids is 10. The van der Waals surface area contributed by atoms with Gasteiger partial charge in [-0.15, -0.1) is 5.10 Å². The summed E-state index contributed by atoms with van der Waals surface area (Å²) in [5, 5.41) is 165. The van der Waals surface area contributed by atoms with Crippen molar-refractivity contribution < 1.29 is 119 Å². The van der Waals surface area contributed by atoms with E-state index in [0.717, 1.165) is 205 Å². The molecule has 0 radical (unpaired) electrons. The summed E-state index contributed by atoms with van der Waals surface area (Å²) < 4.78 is 0. The molecular weight excluding hydrogens is 1960 g/mol. The van der Waals surface area contributed by atoms with Gasteiger partial charge in [0.05, 0.1) is 17.5 Å². The van der Waals surface area contributed by atoms with E-state index in [1.54, 1.807) is 49.7 Å². The third-order valence-electron chi connectivity index (χ3n) is 22.3. The monoisotopic (exact) mass is 2060 g/mol. The highest BCUT2D eigenvalue weighted by molar-refractivity contribution is 6.41. The summed E-state index contributed by atoms with van der Waals surface area (Å²) in [4.78, 5) is 143. The predicted octanol–water partition coefficient (Wildman–Crippen LogP) is 15.9. The van der Waals surface area contributed by atoms with E-state index in [1.165, 1.54) is 29.2 Å². The summed E-state index contributed by atoms with van der Waals surface area (Å²) in [5.74, 6) is -10.5. The maximum absolute atomic E-state index is 10.8. The van der Waals surface area contributed by atoms with Gasteiger partial charge in [-0.2, -0.15) is 35.7 Å². The van der Waals surface area contributed by atoms with Crippen molar-refractivity contribution in [2.45, 2.75) is 168 Å². The molecule has 147 heavy (non-hydrogen) atoms. The fraction of sp³-hybridized carbons (Fsp3) is 0.286. The molecule has 774 valence electrons. The molecule has 18 rings (SSSR count). The lowest BCUT2D eigenvalue weighted by molar-refractivity contribution is -0.389. The third-order valence-corrected chi connectivity index (χ3v) is 22.8. The fourth-order valence-electron chi connectivity index (χ4n) is 14.6. The molecule has 0 amide bonds. The maximum atomic E-state index is 10.8. The van der Waals surface area contributed by atoms with Crippen LogP contribution in [0.1, 0.15) is 268 Å². The van der Waals surface area contributed by atoms with Gasteiger partial charge in [0.1, 0.15) is 23.3 Å². The van der Waals surface area contributed by atoms with Crippen LogP contribution < -0.4 is 0 Å². The molecule has 49 heteroatoms. The number of aryl methyl sites for hydroxylation is 10. The molecule has 11 heterocycles.